The molecule has 0 atom stereocenters. The molecule has 2 N–H and O–H groups in total. The number of amides is 2. The molecule has 0 saturated carbocycles. The molecule has 0 aromatic heterocycles. The lowest BCUT2D eigenvalue weighted by atomic mass is 10.2. The lowest BCUT2D eigenvalue weighted by Crippen LogP contribution is -2.29. The third-order valence-electron chi connectivity index (χ3n) is 2.75. The number of carbonyl (C=O) groups is 2. The molecule has 0 radical (unpaired) electrons. The molecule has 0 unspecified atom stereocenters. The van der Waals surface area contributed by atoms with Gasteiger partial charge in [0.15, 0.2) is 0 Å². The highest BCUT2D eigenvalue weighted by molar-refractivity contribution is 6.04. The Kier molecular flexibility index (Phi) is 6.83. The number of rotatable bonds is 7. The van der Waals surface area contributed by atoms with E-state index in [-0.39, 0.29) is 12.3 Å². The van der Waals surface area contributed by atoms with E-state index in [1.54, 1.807) is 24.3 Å². The predicted octanol–water partition coefficient (Wildman–Crippen LogP) is 2.19. The number of hydrogen-bond donors (Lipinski definition) is 2. The Balaban J connectivity index is 2.40. The average Bonchev–Trinajstić information content (AvgIpc) is 2.44. The van der Waals surface area contributed by atoms with E-state index in [4.69, 9.17) is 5.26 Å². The number of anilines is 1. The number of nitrogens with zero attached hydrogens (tertiary/aromatic N) is 1. The number of carbonyl (C=O) groups excluding carboxylic acids is 2. The molecule has 2 amide bonds. The minimum Gasteiger partial charge on any atom is -0.356 e. The maximum Gasteiger partial charge on any atom is 0.233 e. The van der Waals surface area contributed by atoms with Crippen LogP contribution in [0.4, 0.5) is 5.69 Å². The molecule has 1 aromatic rings. The average molecular weight is 273 g/mol. The number of benzene rings is 1. The van der Waals surface area contributed by atoms with Crippen LogP contribution in [0.15, 0.2) is 24.3 Å². The Morgan fingerprint density at radius 1 is 1.20 bits per heavy atom. The van der Waals surface area contributed by atoms with Crippen molar-refractivity contribution in [3.63, 3.8) is 0 Å². The topological polar surface area (TPSA) is 82.0 Å². The fourth-order valence-corrected chi connectivity index (χ4v) is 1.70. The third kappa shape index (κ3) is 5.53. The molecule has 0 aliphatic heterocycles. The first-order valence-electron chi connectivity index (χ1n) is 6.73. The third-order valence-corrected chi connectivity index (χ3v) is 2.75. The lowest BCUT2D eigenvalue weighted by Gasteiger charge is -2.07. The first-order chi connectivity index (χ1) is 9.67. The highest BCUT2D eigenvalue weighted by Crippen LogP contribution is 2.13. The van der Waals surface area contributed by atoms with Gasteiger partial charge >= 0.3 is 0 Å². The van der Waals surface area contributed by atoms with Crippen molar-refractivity contribution in [2.75, 3.05) is 11.9 Å². The van der Waals surface area contributed by atoms with Crippen LogP contribution in [-0.4, -0.2) is 18.4 Å². The molecule has 5 nitrogen and oxygen atoms in total. The standard InChI is InChI=1S/C15H19N3O2/c1-2-3-6-9-17-14(19)10-15(20)18-13-8-5-4-7-12(13)11-16/h4-5,7-8H,2-3,6,9-10H2,1H3,(H,17,19)(H,18,20). The summed E-state index contributed by atoms with van der Waals surface area (Å²) >= 11 is 0. The molecule has 0 aliphatic carbocycles. The van der Waals surface area contributed by atoms with Gasteiger partial charge in [-0.15, -0.1) is 0 Å². The largest absolute Gasteiger partial charge is 0.356 e. The van der Waals surface area contributed by atoms with E-state index >= 15 is 0 Å². The molecule has 1 aromatic carbocycles. The van der Waals surface area contributed by atoms with E-state index in [1.807, 2.05) is 6.07 Å². The Hall–Kier alpha value is -2.35. The van der Waals surface area contributed by atoms with Gasteiger partial charge in [-0.25, -0.2) is 0 Å². The molecule has 1 rings (SSSR count). The maximum absolute atomic E-state index is 11.7. The van der Waals surface area contributed by atoms with Gasteiger partial charge in [0.25, 0.3) is 0 Å². The SMILES string of the molecule is CCCCCNC(=O)CC(=O)Nc1ccccc1C#N. The van der Waals surface area contributed by atoms with Crippen LogP contribution in [0.5, 0.6) is 0 Å². The molecule has 106 valence electrons. The van der Waals surface area contributed by atoms with E-state index < -0.39 is 5.91 Å². The van der Waals surface area contributed by atoms with Crippen LogP contribution >= 0.6 is 0 Å². The van der Waals surface area contributed by atoms with E-state index in [0.717, 1.165) is 19.3 Å². The summed E-state index contributed by atoms with van der Waals surface area (Å²) in [5.41, 5.74) is 0.808. The number of para-hydroxylation sites is 1. The van der Waals surface area contributed by atoms with Crippen LogP contribution in [0.3, 0.4) is 0 Å². The van der Waals surface area contributed by atoms with Gasteiger partial charge < -0.3 is 10.6 Å². The summed E-state index contributed by atoms with van der Waals surface area (Å²) in [6.07, 6.45) is 2.83. The first kappa shape index (κ1) is 15.7. The Bertz CT molecular complexity index is 506. The molecule has 0 spiro atoms. The summed E-state index contributed by atoms with van der Waals surface area (Å²) in [7, 11) is 0. The number of unbranched alkanes of at least 4 members (excludes halogenated alkanes) is 2. The minimum atomic E-state index is -0.416. The van der Waals surface area contributed by atoms with Gasteiger partial charge in [0.05, 0.1) is 11.3 Å². The van der Waals surface area contributed by atoms with Crippen molar-refractivity contribution < 1.29 is 9.59 Å². The number of nitriles is 1. The van der Waals surface area contributed by atoms with Crippen molar-refractivity contribution in [2.24, 2.45) is 0 Å². The van der Waals surface area contributed by atoms with Gasteiger partial charge in [-0.2, -0.15) is 5.26 Å². The van der Waals surface area contributed by atoms with Gasteiger partial charge in [-0.05, 0) is 18.6 Å². The van der Waals surface area contributed by atoms with E-state index in [2.05, 4.69) is 17.6 Å². The Labute approximate surface area is 119 Å². The van der Waals surface area contributed by atoms with Gasteiger partial charge in [0, 0.05) is 6.54 Å². The Morgan fingerprint density at radius 2 is 1.95 bits per heavy atom. The zero-order valence-corrected chi connectivity index (χ0v) is 11.6. The molecule has 0 aliphatic rings. The van der Waals surface area contributed by atoms with Gasteiger partial charge in [-0.3, -0.25) is 9.59 Å². The molecular formula is C15H19N3O2. The van der Waals surface area contributed by atoms with Crippen molar-refractivity contribution >= 4 is 17.5 Å². The van der Waals surface area contributed by atoms with Crippen LogP contribution in [-0.2, 0) is 9.59 Å². The lowest BCUT2D eigenvalue weighted by molar-refractivity contribution is -0.126. The van der Waals surface area contributed by atoms with Crippen LogP contribution in [0.2, 0.25) is 0 Å². The second-order valence-electron chi connectivity index (χ2n) is 4.44. The quantitative estimate of drug-likeness (QED) is 0.590. The van der Waals surface area contributed by atoms with E-state index in [0.29, 0.717) is 17.8 Å². The van der Waals surface area contributed by atoms with Crippen molar-refractivity contribution in [3.8, 4) is 6.07 Å². The summed E-state index contributed by atoms with van der Waals surface area (Å²) in [5, 5.41) is 14.2. The van der Waals surface area contributed by atoms with E-state index in [9.17, 15) is 9.59 Å². The van der Waals surface area contributed by atoms with E-state index in [1.165, 1.54) is 0 Å². The molecule has 0 heterocycles. The van der Waals surface area contributed by atoms with Crippen LogP contribution in [0, 0.1) is 11.3 Å². The van der Waals surface area contributed by atoms with Gasteiger partial charge in [0.1, 0.15) is 12.5 Å². The van der Waals surface area contributed by atoms with Crippen molar-refractivity contribution in [2.45, 2.75) is 32.6 Å². The zero-order valence-electron chi connectivity index (χ0n) is 11.6. The molecule has 0 bridgehead atoms. The highest BCUT2D eigenvalue weighted by Gasteiger charge is 2.10. The molecule has 0 saturated heterocycles. The van der Waals surface area contributed by atoms with Crippen LogP contribution < -0.4 is 10.6 Å². The van der Waals surface area contributed by atoms with Gasteiger partial charge in [0.2, 0.25) is 11.8 Å². The monoisotopic (exact) mass is 273 g/mol. The molecular weight excluding hydrogens is 254 g/mol. The second-order valence-corrected chi connectivity index (χ2v) is 4.44. The summed E-state index contributed by atoms with van der Waals surface area (Å²) in [4.78, 5) is 23.2. The molecule has 5 heteroatoms. The molecule has 0 fully saturated rings. The van der Waals surface area contributed by atoms with Crippen LogP contribution in [0.1, 0.15) is 38.2 Å². The maximum atomic E-state index is 11.7. The Morgan fingerprint density at radius 3 is 2.65 bits per heavy atom. The fourth-order valence-electron chi connectivity index (χ4n) is 1.70. The van der Waals surface area contributed by atoms with Gasteiger partial charge in [-0.1, -0.05) is 31.9 Å². The van der Waals surface area contributed by atoms with Crippen molar-refractivity contribution in [1.82, 2.24) is 5.32 Å². The highest BCUT2D eigenvalue weighted by atomic mass is 16.2. The summed E-state index contributed by atoms with van der Waals surface area (Å²) in [6.45, 7) is 2.68. The summed E-state index contributed by atoms with van der Waals surface area (Å²) in [5.74, 6) is -0.714. The number of hydrogen-bond acceptors (Lipinski definition) is 3. The zero-order chi connectivity index (χ0) is 14.8. The minimum absolute atomic E-state index is 0.230. The molecule has 20 heavy (non-hydrogen) atoms. The number of nitrogens with one attached hydrogen (secondary N) is 2. The fraction of sp³-hybridized carbons (Fsp3) is 0.400. The van der Waals surface area contributed by atoms with Crippen molar-refractivity contribution in [1.29, 1.82) is 5.26 Å². The first-order valence-corrected chi connectivity index (χ1v) is 6.73. The summed E-state index contributed by atoms with van der Waals surface area (Å²) < 4.78 is 0. The second kappa shape index (κ2) is 8.70. The van der Waals surface area contributed by atoms with Crippen LogP contribution in [0.25, 0.3) is 0 Å². The summed E-state index contributed by atoms with van der Waals surface area (Å²) in [6, 6.07) is 8.67. The van der Waals surface area contributed by atoms with Crippen molar-refractivity contribution in [3.05, 3.63) is 29.8 Å². The predicted molar refractivity (Wildman–Crippen MR) is 76.9 cm³/mol. The smallest absolute Gasteiger partial charge is 0.233 e. The normalized spacial score (nSPS) is 9.60.